The molecule has 3 aromatic heterocycles. The summed E-state index contributed by atoms with van der Waals surface area (Å²) in [4.78, 5) is 8.62. The van der Waals surface area contributed by atoms with Crippen LogP contribution in [0.4, 0.5) is 5.82 Å². The van der Waals surface area contributed by atoms with Crippen LogP contribution in [0.1, 0.15) is 30.0 Å². The van der Waals surface area contributed by atoms with Gasteiger partial charge >= 0.3 is 0 Å². The van der Waals surface area contributed by atoms with Crippen molar-refractivity contribution in [1.82, 2.24) is 19.6 Å². The molecule has 3 rings (SSSR count). The van der Waals surface area contributed by atoms with Crippen LogP contribution in [0, 0.1) is 6.92 Å². The number of thiazole rings is 1. The van der Waals surface area contributed by atoms with Crippen LogP contribution in [0.25, 0.3) is 5.65 Å². The molecular weight excluding hydrogens is 258 g/mol. The number of aryl methyl sites for hydroxylation is 1. The second kappa shape index (κ2) is 4.97. The van der Waals surface area contributed by atoms with Crippen molar-refractivity contribution in [2.75, 3.05) is 5.32 Å². The summed E-state index contributed by atoms with van der Waals surface area (Å²) in [6.07, 6.45) is 4.38. The van der Waals surface area contributed by atoms with E-state index in [9.17, 15) is 0 Å². The van der Waals surface area contributed by atoms with E-state index in [-0.39, 0.29) is 6.04 Å². The minimum Gasteiger partial charge on any atom is -0.361 e. The van der Waals surface area contributed by atoms with Crippen LogP contribution in [-0.4, -0.2) is 19.6 Å². The van der Waals surface area contributed by atoms with E-state index in [1.807, 2.05) is 22.2 Å². The Morgan fingerprint density at radius 2 is 2.26 bits per heavy atom. The summed E-state index contributed by atoms with van der Waals surface area (Å²) in [5.41, 5.74) is 2.02. The molecule has 0 aromatic carbocycles. The second-order valence-electron chi connectivity index (χ2n) is 4.42. The third kappa shape index (κ3) is 2.31. The molecule has 3 heterocycles. The number of aromatic nitrogens is 4. The molecule has 0 saturated heterocycles. The Labute approximate surface area is 115 Å². The molecule has 0 spiro atoms. The Morgan fingerprint density at radius 1 is 1.37 bits per heavy atom. The SMILES string of the molecule is CCC(Nc1cc(C)cc2ncnn12)c1nccs1. The van der Waals surface area contributed by atoms with E-state index < -0.39 is 0 Å². The zero-order valence-corrected chi connectivity index (χ0v) is 11.7. The van der Waals surface area contributed by atoms with Gasteiger partial charge in [0.05, 0.1) is 6.04 Å². The van der Waals surface area contributed by atoms with Crippen molar-refractivity contribution in [2.24, 2.45) is 0 Å². The Balaban J connectivity index is 1.98. The first-order valence-corrected chi connectivity index (χ1v) is 7.12. The highest BCUT2D eigenvalue weighted by molar-refractivity contribution is 7.09. The maximum absolute atomic E-state index is 4.38. The lowest BCUT2D eigenvalue weighted by Gasteiger charge is -2.16. The van der Waals surface area contributed by atoms with Crippen LogP contribution in [-0.2, 0) is 0 Å². The van der Waals surface area contributed by atoms with Gasteiger partial charge in [0, 0.05) is 11.6 Å². The lowest BCUT2D eigenvalue weighted by atomic mass is 10.2. The summed E-state index contributed by atoms with van der Waals surface area (Å²) in [6.45, 7) is 4.21. The van der Waals surface area contributed by atoms with Gasteiger partial charge in [-0.1, -0.05) is 6.92 Å². The molecule has 0 radical (unpaired) electrons. The zero-order valence-electron chi connectivity index (χ0n) is 10.9. The summed E-state index contributed by atoms with van der Waals surface area (Å²) >= 11 is 1.67. The molecule has 0 bridgehead atoms. The van der Waals surface area contributed by atoms with Gasteiger partial charge in [0.2, 0.25) is 0 Å². The van der Waals surface area contributed by atoms with Gasteiger partial charge in [-0.25, -0.2) is 9.97 Å². The monoisotopic (exact) mass is 273 g/mol. The maximum Gasteiger partial charge on any atom is 0.157 e. The predicted molar refractivity (Wildman–Crippen MR) is 76.5 cm³/mol. The first-order valence-electron chi connectivity index (χ1n) is 6.24. The molecule has 98 valence electrons. The van der Waals surface area contributed by atoms with E-state index in [1.165, 1.54) is 0 Å². The maximum atomic E-state index is 4.38. The quantitative estimate of drug-likeness (QED) is 0.793. The van der Waals surface area contributed by atoms with Crippen LogP contribution < -0.4 is 5.32 Å². The van der Waals surface area contributed by atoms with E-state index in [2.05, 4.69) is 40.3 Å². The van der Waals surface area contributed by atoms with Crippen molar-refractivity contribution in [1.29, 1.82) is 0 Å². The number of nitrogens with one attached hydrogen (secondary N) is 1. The van der Waals surface area contributed by atoms with E-state index in [4.69, 9.17) is 0 Å². The third-order valence-electron chi connectivity index (χ3n) is 3.00. The van der Waals surface area contributed by atoms with Crippen molar-refractivity contribution in [3.63, 3.8) is 0 Å². The Bertz CT molecular complexity index is 673. The van der Waals surface area contributed by atoms with Crippen molar-refractivity contribution >= 4 is 22.8 Å². The van der Waals surface area contributed by atoms with E-state index in [1.54, 1.807) is 17.7 Å². The number of nitrogens with zero attached hydrogens (tertiary/aromatic N) is 4. The zero-order chi connectivity index (χ0) is 13.2. The number of pyridine rings is 1. The summed E-state index contributed by atoms with van der Waals surface area (Å²) in [6, 6.07) is 4.30. The van der Waals surface area contributed by atoms with Gasteiger partial charge < -0.3 is 5.32 Å². The number of hydrogen-bond acceptors (Lipinski definition) is 5. The summed E-state index contributed by atoms with van der Waals surface area (Å²) in [7, 11) is 0. The smallest absolute Gasteiger partial charge is 0.157 e. The van der Waals surface area contributed by atoms with Gasteiger partial charge in [0.25, 0.3) is 0 Å². The second-order valence-corrected chi connectivity index (χ2v) is 5.35. The number of anilines is 1. The van der Waals surface area contributed by atoms with Crippen LogP contribution in [0.5, 0.6) is 0 Å². The molecule has 0 aliphatic heterocycles. The fraction of sp³-hybridized carbons (Fsp3) is 0.308. The highest BCUT2D eigenvalue weighted by Gasteiger charge is 2.14. The number of fused-ring (bicyclic) bond motifs is 1. The van der Waals surface area contributed by atoms with Crippen LogP contribution >= 0.6 is 11.3 Å². The van der Waals surface area contributed by atoms with Crippen molar-refractivity contribution in [2.45, 2.75) is 26.3 Å². The molecule has 19 heavy (non-hydrogen) atoms. The first-order chi connectivity index (χ1) is 9.28. The van der Waals surface area contributed by atoms with Gasteiger partial charge in [0.15, 0.2) is 5.65 Å². The van der Waals surface area contributed by atoms with Gasteiger partial charge in [-0.2, -0.15) is 9.61 Å². The highest BCUT2D eigenvalue weighted by atomic mass is 32.1. The van der Waals surface area contributed by atoms with E-state index in [0.717, 1.165) is 28.5 Å². The Kier molecular flexibility index (Phi) is 3.16. The molecule has 0 aliphatic rings. The molecule has 1 unspecified atom stereocenters. The van der Waals surface area contributed by atoms with Gasteiger partial charge in [-0.3, -0.25) is 0 Å². The van der Waals surface area contributed by atoms with Crippen LogP contribution in [0.15, 0.2) is 30.0 Å². The Morgan fingerprint density at radius 3 is 3.00 bits per heavy atom. The molecule has 0 amide bonds. The van der Waals surface area contributed by atoms with Gasteiger partial charge in [0.1, 0.15) is 17.2 Å². The normalized spacial score (nSPS) is 12.7. The molecule has 5 nitrogen and oxygen atoms in total. The minimum absolute atomic E-state index is 0.203. The Hall–Kier alpha value is -1.95. The summed E-state index contributed by atoms with van der Waals surface area (Å²) in [5, 5.41) is 10.9. The molecule has 1 atom stereocenters. The lowest BCUT2D eigenvalue weighted by Crippen LogP contribution is -2.12. The highest BCUT2D eigenvalue weighted by Crippen LogP contribution is 2.24. The average molecular weight is 273 g/mol. The standard InChI is InChI=1S/C13H15N5S/c1-3-10(13-14-4-5-19-13)17-12-7-9(2)6-11-15-8-16-18(11)12/h4-8,10,17H,3H2,1-2H3. The van der Waals surface area contributed by atoms with Crippen LogP contribution in [0.2, 0.25) is 0 Å². The fourth-order valence-electron chi connectivity index (χ4n) is 2.08. The molecular formula is C13H15N5S. The van der Waals surface area contributed by atoms with Crippen molar-refractivity contribution in [3.05, 3.63) is 40.6 Å². The molecule has 1 N–H and O–H groups in total. The summed E-state index contributed by atoms with van der Waals surface area (Å²) < 4.78 is 1.82. The number of hydrogen-bond donors (Lipinski definition) is 1. The first kappa shape index (κ1) is 12.1. The van der Waals surface area contributed by atoms with E-state index >= 15 is 0 Å². The van der Waals surface area contributed by atoms with Crippen LogP contribution in [0.3, 0.4) is 0 Å². The molecule has 0 fully saturated rings. The molecule has 0 saturated carbocycles. The summed E-state index contributed by atoms with van der Waals surface area (Å²) in [5.74, 6) is 0.953. The fourth-order valence-corrected chi connectivity index (χ4v) is 2.86. The van der Waals surface area contributed by atoms with E-state index in [0.29, 0.717) is 0 Å². The largest absolute Gasteiger partial charge is 0.361 e. The van der Waals surface area contributed by atoms with Crippen molar-refractivity contribution < 1.29 is 0 Å². The van der Waals surface area contributed by atoms with Crippen molar-refractivity contribution in [3.8, 4) is 0 Å². The molecule has 6 heteroatoms. The lowest BCUT2D eigenvalue weighted by molar-refractivity contribution is 0.729. The predicted octanol–water partition coefficient (Wildman–Crippen LogP) is 3.06. The molecule has 3 aromatic rings. The van der Waals surface area contributed by atoms with Gasteiger partial charge in [-0.15, -0.1) is 11.3 Å². The topological polar surface area (TPSA) is 55.1 Å². The third-order valence-corrected chi connectivity index (χ3v) is 3.89. The number of rotatable bonds is 4. The average Bonchev–Trinajstić information content (AvgIpc) is 3.05. The molecule has 0 aliphatic carbocycles. The minimum atomic E-state index is 0.203. The van der Waals surface area contributed by atoms with Gasteiger partial charge in [-0.05, 0) is 31.0 Å².